The van der Waals surface area contributed by atoms with Crippen LogP contribution in [0.5, 0.6) is 0 Å². The van der Waals surface area contributed by atoms with Gasteiger partial charge in [-0.15, -0.1) is 0 Å². The molecule has 0 aliphatic carbocycles. The van der Waals surface area contributed by atoms with Crippen LogP contribution in [0.1, 0.15) is 15.9 Å². The minimum atomic E-state index is -0.306. The highest BCUT2D eigenvalue weighted by atomic mass is 32.1. The van der Waals surface area contributed by atoms with Crippen molar-refractivity contribution in [1.29, 1.82) is 0 Å². The van der Waals surface area contributed by atoms with Gasteiger partial charge in [0.25, 0.3) is 0 Å². The Morgan fingerprint density at radius 2 is 1.71 bits per heavy atom. The first-order valence-corrected chi connectivity index (χ1v) is 6.60. The van der Waals surface area contributed by atoms with Gasteiger partial charge in [0.2, 0.25) is 0 Å². The summed E-state index contributed by atoms with van der Waals surface area (Å²) in [5, 5.41) is 2.95. The first-order chi connectivity index (χ1) is 10.0. The third kappa shape index (κ3) is 4.50. The maximum absolute atomic E-state index is 12.8. The Bertz CT molecular complexity index is 678. The van der Waals surface area contributed by atoms with E-state index in [0.29, 0.717) is 5.56 Å². The lowest BCUT2D eigenvalue weighted by molar-refractivity contribution is 0.104. The summed E-state index contributed by atoms with van der Waals surface area (Å²) in [4.78, 5) is 12.0. The minimum absolute atomic E-state index is 0.138. The third-order valence-corrected chi connectivity index (χ3v) is 2.84. The molecule has 0 aliphatic rings. The highest BCUT2D eigenvalue weighted by Crippen LogP contribution is 2.11. The Labute approximate surface area is 127 Å². The smallest absolute Gasteiger partial charge is 0.185 e. The summed E-state index contributed by atoms with van der Waals surface area (Å²) in [7, 11) is 0. The van der Waals surface area contributed by atoms with Crippen molar-refractivity contribution < 1.29 is 9.18 Å². The molecule has 0 heterocycles. The summed E-state index contributed by atoms with van der Waals surface area (Å²) in [6, 6.07) is 12.7. The molecular formula is C16H13FN2OS. The molecule has 2 aromatic rings. The molecule has 0 amide bonds. The first kappa shape index (κ1) is 14.9. The summed E-state index contributed by atoms with van der Waals surface area (Å²) in [6.45, 7) is 0. The van der Waals surface area contributed by atoms with E-state index in [2.05, 4.69) is 5.32 Å². The fourth-order valence-electron chi connectivity index (χ4n) is 1.70. The van der Waals surface area contributed by atoms with E-state index in [1.54, 1.807) is 42.5 Å². The number of halogens is 1. The zero-order valence-corrected chi connectivity index (χ0v) is 11.9. The van der Waals surface area contributed by atoms with Gasteiger partial charge in [0.05, 0.1) is 0 Å². The van der Waals surface area contributed by atoms with Gasteiger partial charge in [-0.05, 0) is 60.3 Å². The molecule has 5 heteroatoms. The van der Waals surface area contributed by atoms with Crippen molar-refractivity contribution in [3.8, 4) is 0 Å². The zero-order chi connectivity index (χ0) is 15.2. The second kappa shape index (κ2) is 6.76. The number of hydrogen-bond donors (Lipinski definition) is 2. The molecule has 0 spiro atoms. The summed E-state index contributed by atoms with van der Waals surface area (Å²) in [5.74, 6) is -0.444. The minimum Gasteiger partial charge on any atom is -0.376 e. The molecule has 3 nitrogen and oxygen atoms in total. The number of nitrogens with two attached hydrogens (primary N) is 1. The summed E-state index contributed by atoms with van der Waals surface area (Å²) >= 11 is 4.73. The van der Waals surface area contributed by atoms with E-state index in [1.807, 2.05) is 0 Å². The van der Waals surface area contributed by atoms with Gasteiger partial charge >= 0.3 is 0 Å². The standard InChI is InChI=1S/C16H13FN2OS/c17-13-6-1-11(2-7-13)3-10-15(20)12-4-8-14(9-5-12)19-16(18)21/h1-10H,(H3,18,19,21). The molecule has 0 radical (unpaired) electrons. The number of carbonyl (C=O) groups excluding carboxylic acids is 1. The Morgan fingerprint density at radius 1 is 1.10 bits per heavy atom. The molecular weight excluding hydrogens is 287 g/mol. The van der Waals surface area contributed by atoms with Gasteiger partial charge in [-0.1, -0.05) is 18.2 Å². The van der Waals surface area contributed by atoms with Gasteiger partial charge in [0, 0.05) is 11.3 Å². The molecule has 2 aromatic carbocycles. The van der Waals surface area contributed by atoms with E-state index < -0.39 is 0 Å². The highest BCUT2D eigenvalue weighted by Gasteiger charge is 2.02. The molecule has 2 rings (SSSR count). The normalized spacial score (nSPS) is 10.5. The van der Waals surface area contributed by atoms with Crippen molar-refractivity contribution in [2.75, 3.05) is 5.32 Å². The second-order valence-electron chi connectivity index (χ2n) is 4.32. The van der Waals surface area contributed by atoms with E-state index in [1.165, 1.54) is 18.2 Å². The molecule has 0 atom stereocenters. The average Bonchev–Trinajstić information content (AvgIpc) is 2.46. The Kier molecular flexibility index (Phi) is 4.79. The Morgan fingerprint density at radius 3 is 2.29 bits per heavy atom. The van der Waals surface area contributed by atoms with Crippen LogP contribution in [0.3, 0.4) is 0 Å². The van der Waals surface area contributed by atoms with Gasteiger partial charge in [-0.3, -0.25) is 4.79 Å². The second-order valence-corrected chi connectivity index (χ2v) is 4.76. The molecule has 106 valence electrons. The molecule has 0 aliphatic heterocycles. The SMILES string of the molecule is NC(=S)Nc1ccc(C(=O)C=Cc2ccc(F)cc2)cc1. The van der Waals surface area contributed by atoms with Crippen LogP contribution in [-0.4, -0.2) is 10.9 Å². The number of anilines is 1. The third-order valence-electron chi connectivity index (χ3n) is 2.73. The van der Waals surface area contributed by atoms with Crippen molar-refractivity contribution in [1.82, 2.24) is 0 Å². The van der Waals surface area contributed by atoms with Crippen molar-refractivity contribution in [3.05, 3.63) is 71.6 Å². The highest BCUT2D eigenvalue weighted by molar-refractivity contribution is 7.80. The maximum Gasteiger partial charge on any atom is 0.185 e. The fourth-order valence-corrected chi connectivity index (χ4v) is 1.82. The van der Waals surface area contributed by atoms with Gasteiger partial charge in [-0.25, -0.2) is 4.39 Å². The number of benzene rings is 2. The van der Waals surface area contributed by atoms with Gasteiger partial charge in [-0.2, -0.15) is 0 Å². The largest absolute Gasteiger partial charge is 0.376 e. The summed E-state index contributed by atoms with van der Waals surface area (Å²) in [5.41, 5.74) is 7.39. The van der Waals surface area contributed by atoms with E-state index >= 15 is 0 Å². The Hall–Kier alpha value is -2.53. The average molecular weight is 300 g/mol. The van der Waals surface area contributed by atoms with Gasteiger partial charge in [0.1, 0.15) is 5.82 Å². The monoisotopic (exact) mass is 300 g/mol. The Balaban J connectivity index is 2.06. The van der Waals surface area contributed by atoms with Gasteiger partial charge < -0.3 is 11.1 Å². The van der Waals surface area contributed by atoms with E-state index in [4.69, 9.17) is 18.0 Å². The number of hydrogen-bond acceptors (Lipinski definition) is 2. The number of carbonyl (C=O) groups is 1. The van der Waals surface area contributed by atoms with Crippen molar-refractivity contribution in [2.24, 2.45) is 5.73 Å². The molecule has 0 aromatic heterocycles. The lowest BCUT2D eigenvalue weighted by Gasteiger charge is -2.03. The predicted octanol–water partition coefficient (Wildman–Crippen LogP) is 3.38. The van der Waals surface area contributed by atoms with Gasteiger partial charge in [0.15, 0.2) is 10.9 Å². The molecule has 0 unspecified atom stereocenters. The van der Waals surface area contributed by atoms with E-state index in [-0.39, 0.29) is 16.7 Å². The van der Waals surface area contributed by atoms with Crippen LogP contribution in [-0.2, 0) is 0 Å². The molecule has 0 saturated heterocycles. The quantitative estimate of drug-likeness (QED) is 0.516. The predicted molar refractivity (Wildman–Crippen MR) is 86.6 cm³/mol. The van der Waals surface area contributed by atoms with E-state index in [9.17, 15) is 9.18 Å². The van der Waals surface area contributed by atoms with E-state index in [0.717, 1.165) is 11.3 Å². The first-order valence-electron chi connectivity index (χ1n) is 6.19. The van der Waals surface area contributed by atoms with Crippen LogP contribution in [0, 0.1) is 5.82 Å². The van der Waals surface area contributed by atoms with Crippen LogP contribution >= 0.6 is 12.2 Å². The number of nitrogens with one attached hydrogen (secondary N) is 1. The maximum atomic E-state index is 12.8. The molecule has 0 saturated carbocycles. The van der Waals surface area contributed by atoms with Crippen LogP contribution in [0.4, 0.5) is 10.1 Å². The zero-order valence-electron chi connectivity index (χ0n) is 11.0. The van der Waals surface area contributed by atoms with Crippen LogP contribution < -0.4 is 11.1 Å². The number of allylic oxidation sites excluding steroid dienone is 1. The molecule has 3 N–H and O–H groups in total. The lowest BCUT2D eigenvalue weighted by atomic mass is 10.1. The van der Waals surface area contributed by atoms with Crippen molar-refractivity contribution >= 4 is 34.9 Å². The molecule has 0 bridgehead atoms. The lowest BCUT2D eigenvalue weighted by Crippen LogP contribution is -2.18. The van der Waals surface area contributed by atoms with Crippen LogP contribution in [0.15, 0.2) is 54.6 Å². The van der Waals surface area contributed by atoms with Crippen LogP contribution in [0.25, 0.3) is 6.08 Å². The molecule has 0 fully saturated rings. The number of thiocarbonyl (C=S) groups is 1. The number of ketones is 1. The molecule has 21 heavy (non-hydrogen) atoms. The van der Waals surface area contributed by atoms with Crippen molar-refractivity contribution in [3.63, 3.8) is 0 Å². The fraction of sp³-hybridized carbons (Fsp3) is 0. The summed E-state index contributed by atoms with van der Waals surface area (Å²) < 4.78 is 12.8. The number of rotatable bonds is 4. The topological polar surface area (TPSA) is 55.1 Å². The van der Waals surface area contributed by atoms with Crippen LogP contribution in [0.2, 0.25) is 0 Å². The summed E-state index contributed by atoms with van der Waals surface area (Å²) in [6.07, 6.45) is 3.09. The van der Waals surface area contributed by atoms with Crippen molar-refractivity contribution in [2.45, 2.75) is 0 Å².